The summed E-state index contributed by atoms with van der Waals surface area (Å²) in [5.74, 6) is 0.977. The van der Waals surface area contributed by atoms with Gasteiger partial charge in [0.2, 0.25) is 5.89 Å². The van der Waals surface area contributed by atoms with E-state index in [4.69, 9.17) is 15.0 Å². The van der Waals surface area contributed by atoms with Gasteiger partial charge in [0.15, 0.2) is 5.82 Å². The van der Waals surface area contributed by atoms with E-state index >= 15 is 0 Å². The van der Waals surface area contributed by atoms with Crippen molar-refractivity contribution in [1.82, 2.24) is 15.1 Å². The second-order valence-electron chi connectivity index (χ2n) is 3.82. The molecule has 2 heterocycles. The summed E-state index contributed by atoms with van der Waals surface area (Å²) in [6.07, 6.45) is 5.52. The van der Waals surface area contributed by atoms with E-state index in [1.807, 2.05) is 12.1 Å². The first-order chi connectivity index (χ1) is 8.88. The number of rotatable bonds is 7. The van der Waals surface area contributed by atoms with Crippen molar-refractivity contribution in [2.45, 2.75) is 26.0 Å². The molecule has 0 aliphatic heterocycles. The second kappa shape index (κ2) is 6.83. The molecule has 0 aromatic carbocycles. The van der Waals surface area contributed by atoms with Crippen molar-refractivity contribution >= 4 is 0 Å². The van der Waals surface area contributed by atoms with Gasteiger partial charge in [0.25, 0.3) is 0 Å². The molecule has 0 atom stereocenters. The summed E-state index contributed by atoms with van der Waals surface area (Å²) in [7, 11) is 0. The summed E-state index contributed by atoms with van der Waals surface area (Å²) >= 11 is 0. The Morgan fingerprint density at radius 1 is 1.28 bits per heavy atom. The number of aryl methyl sites for hydroxylation is 1. The maximum Gasteiger partial charge on any atom is 0.240 e. The molecule has 0 spiro atoms. The average molecular weight is 248 g/mol. The van der Waals surface area contributed by atoms with Gasteiger partial charge in [-0.3, -0.25) is 4.98 Å². The minimum Gasteiger partial charge on any atom is -0.373 e. The van der Waals surface area contributed by atoms with Gasteiger partial charge in [0, 0.05) is 19.0 Å². The Bertz CT molecular complexity index is 458. The molecule has 0 radical (unpaired) electrons. The lowest BCUT2D eigenvalue weighted by Gasteiger charge is -2.01. The summed E-state index contributed by atoms with van der Waals surface area (Å²) in [4.78, 5) is 8.02. The zero-order valence-corrected chi connectivity index (χ0v) is 10.1. The van der Waals surface area contributed by atoms with Gasteiger partial charge >= 0.3 is 0 Å². The first-order valence-corrected chi connectivity index (χ1v) is 5.86. The van der Waals surface area contributed by atoms with Gasteiger partial charge in [0.1, 0.15) is 6.61 Å². The van der Waals surface area contributed by atoms with Gasteiger partial charge in [-0.1, -0.05) is 5.16 Å². The van der Waals surface area contributed by atoms with E-state index < -0.39 is 0 Å². The predicted octanol–water partition coefficient (Wildman–Crippen LogP) is 1.07. The van der Waals surface area contributed by atoms with Gasteiger partial charge in [-0.25, -0.2) is 0 Å². The fourth-order valence-electron chi connectivity index (χ4n) is 1.52. The number of aromatic nitrogens is 3. The van der Waals surface area contributed by atoms with E-state index in [0.29, 0.717) is 24.9 Å². The molecule has 0 aliphatic carbocycles. The Morgan fingerprint density at radius 2 is 2.11 bits per heavy atom. The van der Waals surface area contributed by atoms with Crippen LogP contribution in [0.25, 0.3) is 0 Å². The van der Waals surface area contributed by atoms with Crippen LogP contribution in [0.1, 0.15) is 23.7 Å². The van der Waals surface area contributed by atoms with Crippen molar-refractivity contribution in [3.8, 4) is 0 Å². The Kier molecular flexibility index (Phi) is 4.80. The highest BCUT2D eigenvalue weighted by Crippen LogP contribution is 2.02. The van der Waals surface area contributed by atoms with Crippen molar-refractivity contribution in [1.29, 1.82) is 0 Å². The van der Waals surface area contributed by atoms with E-state index in [0.717, 1.165) is 12.8 Å². The zero-order valence-electron chi connectivity index (χ0n) is 10.1. The zero-order chi connectivity index (χ0) is 12.6. The molecule has 2 N–H and O–H groups in total. The maximum absolute atomic E-state index is 5.46. The number of pyridine rings is 1. The molecule has 18 heavy (non-hydrogen) atoms. The van der Waals surface area contributed by atoms with Crippen LogP contribution in [0.4, 0.5) is 0 Å². The Morgan fingerprint density at radius 3 is 2.83 bits per heavy atom. The highest BCUT2D eigenvalue weighted by Gasteiger charge is 2.03. The van der Waals surface area contributed by atoms with Crippen LogP contribution in [-0.2, 0) is 24.3 Å². The standard InChI is InChI=1S/C12H16N4O2/c13-8-12-15-11(16-18-12)9-17-7-1-2-10-3-5-14-6-4-10/h3-6H,1-2,7-9,13H2. The molecule has 2 rings (SSSR count). The third-order valence-electron chi connectivity index (χ3n) is 2.42. The first-order valence-electron chi connectivity index (χ1n) is 5.86. The Hall–Kier alpha value is -1.79. The Balaban J connectivity index is 1.61. The normalized spacial score (nSPS) is 10.7. The molecule has 0 aliphatic rings. The minimum atomic E-state index is 0.259. The highest BCUT2D eigenvalue weighted by atomic mass is 16.5. The molecule has 6 nitrogen and oxygen atoms in total. The predicted molar refractivity (Wildman–Crippen MR) is 64.4 cm³/mol. The summed E-state index contributed by atoms with van der Waals surface area (Å²) in [5.41, 5.74) is 6.62. The summed E-state index contributed by atoms with van der Waals surface area (Å²) in [6.45, 7) is 1.28. The van der Waals surface area contributed by atoms with Crippen LogP contribution in [0, 0.1) is 0 Å². The molecule has 0 amide bonds. The number of hydrogen-bond donors (Lipinski definition) is 1. The molecule has 0 bridgehead atoms. The topological polar surface area (TPSA) is 87.1 Å². The van der Waals surface area contributed by atoms with Crippen LogP contribution < -0.4 is 5.73 Å². The lowest BCUT2D eigenvalue weighted by molar-refractivity contribution is 0.111. The first kappa shape index (κ1) is 12.7. The van der Waals surface area contributed by atoms with Crippen LogP contribution in [0.5, 0.6) is 0 Å². The summed E-state index contributed by atoms with van der Waals surface area (Å²) in [5, 5.41) is 3.74. The van der Waals surface area contributed by atoms with Gasteiger partial charge in [-0.15, -0.1) is 0 Å². The monoisotopic (exact) mass is 248 g/mol. The lowest BCUT2D eigenvalue weighted by Crippen LogP contribution is -2.00. The lowest BCUT2D eigenvalue weighted by atomic mass is 10.1. The fourth-order valence-corrected chi connectivity index (χ4v) is 1.52. The molecule has 0 saturated carbocycles. The summed E-state index contributed by atoms with van der Waals surface area (Å²) < 4.78 is 10.3. The van der Waals surface area contributed by atoms with Crippen LogP contribution in [0.2, 0.25) is 0 Å². The van der Waals surface area contributed by atoms with E-state index in [-0.39, 0.29) is 6.54 Å². The second-order valence-corrected chi connectivity index (χ2v) is 3.82. The maximum atomic E-state index is 5.46. The van der Waals surface area contributed by atoms with E-state index in [1.54, 1.807) is 12.4 Å². The molecule has 0 saturated heterocycles. The number of nitrogens with two attached hydrogens (primary N) is 1. The third-order valence-corrected chi connectivity index (χ3v) is 2.42. The van der Waals surface area contributed by atoms with Gasteiger partial charge in [-0.05, 0) is 30.5 Å². The van der Waals surface area contributed by atoms with Gasteiger partial charge < -0.3 is 15.0 Å². The van der Waals surface area contributed by atoms with Crippen molar-refractivity contribution in [2.24, 2.45) is 5.73 Å². The van der Waals surface area contributed by atoms with Gasteiger partial charge in [0.05, 0.1) is 6.54 Å². The average Bonchev–Trinajstić information content (AvgIpc) is 2.87. The van der Waals surface area contributed by atoms with E-state index in [1.165, 1.54) is 5.56 Å². The van der Waals surface area contributed by atoms with Gasteiger partial charge in [-0.2, -0.15) is 4.98 Å². The van der Waals surface area contributed by atoms with E-state index in [2.05, 4.69) is 15.1 Å². The highest BCUT2D eigenvalue weighted by molar-refractivity contribution is 5.09. The van der Waals surface area contributed by atoms with Crippen molar-refractivity contribution in [3.63, 3.8) is 0 Å². The molecular formula is C12H16N4O2. The fraction of sp³-hybridized carbons (Fsp3) is 0.417. The molecule has 6 heteroatoms. The van der Waals surface area contributed by atoms with E-state index in [9.17, 15) is 0 Å². The largest absolute Gasteiger partial charge is 0.373 e. The number of ether oxygens (including phenoxy) is 1. The van der Waals surface area contributed by atoms with Crippen LogP contribution in [-0.4, -0.2) is 21.7 Å². The molecule has 2 aromatic rings. The van der Waals surface area contributed by atoms with Crippen LogP contribution >= 0.6 is 0 Å². The molecule has 0 unspecified atom stereocenters. The summed E-state index contributed by atoms with van der Waals surface area (Å²) in [6, 6.07) is 4.01. The van der Waals surface area contributed by atoms with Crippen LogP contribution in [0.3, 0.4) is 0 Å². The molecule has 96 valence electrons. The van der Waals surface area contributed by atoms with Crippen LogP contribution in [0.15, 0.2) is 29.0 Å². The number of nitrogens with zero attached hydrogens (tertiary/aromatic N) is 3. The van der Waals surface area contributed by atoms with Crippen molar-refractivity contribution in [3.05, 3.63) is 41.8 Å². The minimum absolute atomic E-state index is 0.259. The smallest absolute Gasteiger partial charge is 0.240 e. The van der Waals surface area contributed by atoms with Crippen molar-refractivity contribution < 1.29 is 9.26 Å². The Labute approximate surface area is 105 Å². The SMILES string of the molecule is NCc1nc(COCCCc2ccncc2)no1. The quantitative estimate of drug-likeness (QED) is 0.737. The van der Waals surface area contributed by atoms with Crippen molar-refractivity contribution in [2.75, 3.05) is 6.61 Å². The molecule has 0 fully saturated rings. The molecular weight excluding hydrogens is 232 g/mol. The third kappa shape index (κ3) is 3.90. The number of hydrogen-bond acceptors (Lipinski definition) is 6. The molecule has 2 aromatic heterocycles.